The van der Waals surface area contributed by atoms with Crippen LogP contribution in [0.4, 0.5) is 5.69 Å². The summed E-state index contributed by atoms with van der Waals surface area (Å²) in [4.78, 5) is 36.7. The zero-order valence-electron chi connectivity index (χ0n) is 19.0. The van der Waals surface area contributed by atoms with Crippen molar-refractivity contribution in [3.8, 4) is 5.75 Å². The largest absolute Gasteiger partial charge is 0.497 e. The SMILES string of the molecule is CCOC(=O)c1ccc(S(=O)(=O)N2CCC(C(=O)Nc3ccc(OC)cc3C(=O)OC)CC2)o1. The Kier molecular flexibility index (Phi) is 7.94. The maximum absolute atomic E-state index is 12.9. The third kappa shape index (κ3) is 5.39. The summed E-state index contributed by atoms with van der Waals surface area (Å²) >= 11 is 0. The van der Waals surface area contributed by atoms with E-state index >= 15 is 0 Å². The number of rotatable bonds is 8. The van der Waals surface area contributed by atoms with Crippen molar-refractivity contribution >= 4 is 33.6 Å². The number of benzene rings is 1. The van der Waals surface area contributed by atoms with Crippen LogP contribution < -0.4 is 10.1 Å². The number of anilines is 1. The molecule has 11 nitrogen and oxygen atoms in total. The van der Waals surface area contributed by atoms with Gasteiger partial charge in [0, 0.05) is 19.0 Å². The highest BCUT2D eigenvalue weighted by atomic mass is 32.2. The quantitative estimate of drug-likeness (QED) is 0.547. The van der Waals surface area contributed by atoms with E-state index in [1.807, 2.05) is 0 Å². The molecule has 0 spiro atoms. The lowest BCUT2D eigenvalue weighted by Crippen LogP contribution is -2.41. The number of nitrogens with zero attached hydrogens (tertiary/aromatic N) is 1. The van der Waals surface area contributed by atoms with Crippen LogP contribution in [0.5, 0.6) is 5.75 Å². The van der Waals surface area contributed by atoms with Crippen molar-refractivity contribution in [2.24, 2.45) is 5.92 Å². The molecule has 0 atom stereocenters. The molecule has 0 aliphatic carbocycles. The molecule has 1 aromatic carbocycles. The van der Waals surface area contributed by atoms with E-state index in [0.29, 0.717) is 5.75 Å². The highest BCUT2D eigenvalue weighted by Gasteiger charge is 2.34. The van der Waals surface area contributed by atoms with E-state index in [0.717, 1.165) is 0 Å². The third-order valence-electron chi connectivity index (χ3n) is 5.37. The average molecular weight is 495 g/mol. The second kappa shape index (κ2) is 10.7. The van der Waals surface area contributed by atoms with Gasteiger partial charge in [-0.2, -0.15) is 4.31 Å². The molecule has 2 aromatic rings. The number of hydrogen-bond acceptors (Lipinski definition) is 9. The van der Waals surface area contributed by atoms with Gasteiger partial charge in [0.2, 0.25) is 16.8 Å². The van der Waals surface area contributed by atoms with Gasteiger partial charge in [-0.25, -0.2) is 18.0 Å². The Morgan fingerprint density at radius 1 is 1.09 bits per heavy atom. The normalized spacial score (nSPS) is 14.9. The standard InChI is InChI=1S/C22H26N2O9S/c1-4-32-22(27)18-7-8-19(33-18)34(28,29)24-11-9-14(10-12-24)20(25)23-17-6-5-15(30-2)13-16(17)21(26)31-3/h5-8,13-14H,4,9-12H2,1-3H3,(H,23,25). The predicted molar refractivity (Wildman–Crippen MR) is 119 cm³/mol. The van der Waals surface area contributed by atoms with Crippen molar-refractivity contribution in [1.82, 2.24) is 4.31 Å². The first-order valence-electron chi connectivity index (χ1n) is 10.6. The Morgan fingerprint density at radius 2 is 1.79 bits per heavy atom. The Morgan fingerprint density at radius 3 is 2.41 bits per heavy atom. The maximum Gasteiger partial charge on any atom is 0.374 e. The highest BCUT2D eigenvalue weighted by Crippen LogP contribution is 2.28. The number of hydrogen-bond donors (Lipinski definition) is 1. The molecule has 0 bridgehead atoms. The Balaban J connectivity index is 1.65. The van der Waals surface area contributed by atoms with Gasteiger partial charge in [-0.3, -0.25) is 4.79 Å². The fourth-order valence-electron chi connectivity index (χ4n) is 3.53. The third-order valence-corrected chi connectivity index (χ3v) is 7.14. The maximum atomic E-state index is 12.9. The van der Waals surface area contributed by atoms with Crippen LogP contribution in [0.15, 0.2) is 39.8 Å². The minimum Gasteiger partial charge on any atom is -0.497 e. The lowest BCUT2D eigenvalue weighted by molar-refractivity contribution is -0.120. The molecule has 2 heterocycles. The summed E-state index contributed by atoms with van der Waals surface area (Å²) in [6.07, 6.45) is 0.528. The number of furan rings is 1. The lowest BCUT2D eigenvalue weighted by atomic mass is 9.97. The molecule has 1 fully saturated rings. The van der Waals surface area contributed by atoms with E-state index in [1.54, 1.807) is 19.1 Å². The van der Waals surface area contributed by atoms with Gasteiger partial charge in [0.1, 0.15) is 5.75 Å². The molecule has 34 heavy (non-hydrogen) atoms. The molecule has 0 saturated carbocycles. The monoisotopic (exact) mass is 494 g/mol. The minimum absolute atomic E-state index is 0.0856. The van der Waals surface area contributed by atoms with E-state index < -0.39 is 27.9 Å². The number of carbonyl (C=O) groups excluding carboxylic acids is 3. The van der Waals surface area contributed by atoms with Crippen molar-refractivity contribution < 1.29 is 41.4 Å². The van der Waals surface area contributed by atoms with Crippen LogP contribution in [0.1, 0.15) is 40.7 Å². The van der Waals surface area contributed by atoms with Gasteiger partial charge >= 0.3 is 11.9 Å². The molecular weight excluding hydrogens is 468 g/mol. The van der Waals surface area contributed by atoms with Crippen LogP contribution in [0.3, 0.4) is 0 Å². The summed E-state index contributed by atoms with van der Waals surface area (Å²) in [5.74, 6) is -1.95. The number of nitrogens with one attached hydrogen (secondary N) is 1. The molecule has 1 amide bonds. The van der Waals surface area contributed by atoms with Crippen LogP contribution in [-0.2, 0) is 24.3 Å². The minimum atomic E-state index is -3.97. The molecule has 1 aliphatic heterocycles. The molecule has 0 unspecified atom stereocenters. The molecule has 0 radical (unpaired) electrons. The second-order valence-electron chi connectivity index (χ2n) is 7.41. The van der Waals surface area contributed by atoms with Crippen molar-refractivity contribution in [1.29, 1.82) is 0 Å². The van der Waals surface area contributed by atoms with Gasteiger partial charge < -0.3 is 23.9 Å². The van der Waals surface area contributed by atoms with Gasteiger partial charge in [-0.05, 0) is 50.1 Å². The number of carbonyl (C=O) groups is 3. The Hall–Kier alpha value is -3.38. The van der Waals surface area contributed by atoms with Crippen LogP contribution in [-0.4, -0.2) is 64.5 Å². The Bertz CT molecular complexity index is 1160. The molecular formula is C22H26N2O9S. The fourth-order valence-corrected chi connectivity index (χ4v) is 4.91. The van der Waals surface area contributed by atoms with Crippen LogP contribution in [0.2, 0.25) is 0 Å². The van der Waals surface area contributed by atoms with Gasteiger partial charge in [0.25, 0.3) is 10.0 Å². The molecule has 3 rings (SSSR count). The van der Waals surface area contributed by atoms with Crippen molar-refractivity contribution in [2.45, 2.75) is 24.9 Å². The molecule has 12 heteroatoms. The number of ether oxygens (including phenoxy) is 3. The van der Waals surface area contributed by atoms with Crippen molar-refractivity contribution in [2.75, 3.05) is 39.2 Å². The van der Waals surface area contributed by atoms with E-state index in [4.69, 9.17) is 18.6 Å². The Labute approximate surface area is 197 Å². The van der Waals surface area contributed by atoms with E-state index in [2.05, 4.69) is 5.32 Å². The summed E-state index contributed by atoms with van der Waals surface area (Å²) in [5.41, 5.74) is 0.417. The smallest absolute Gasteiger partial charge is 0.374 e. The van der Waals surface area contributed by atoms with Crippen molar-refractivity contribution in [3.63, 3.8) is 0 Å². The van der Waals surface area contributed by atoms with Crippen LogP contribution in [0, 0.1) is 5.92 Å². The van der Waals surface area contributed by atoms with E-state index in [1.165, 1.54) is 36.7 Å². The number of methoxy groups -OCH3 is 2. The van der Waals surface area contributed by atoms with Gasteiger partial charge in [0.05, 0.1) is 32.1 Å². The summed E-state index contributed by atoms with van der Waals surface area (Å²) < 4.78 is 46.9. The summed E-state index contributed by atoms with van der Waals surface area (Å²) in [6.45, 7) is 1.93. The number of esters is 2. The van der Waals surface area contributed by atoms with E-state index in [9.17, 15) is 22.8 Å². The fraction of sp³-hybridized carbons (Fsp3) is 0.409. The molecule has 184 valence electrons. The topological polar surface area (TPSA) is 141 Å². The zero-order chi connectivity index (χ0) is 24.9. The van der Waals surface area contributed by atoms with Gasteiger partial charge in [0.15, 0.2) is 0 Å². The average Bonchev–Trinajstić information content (AvgIpc) is 3.35. The van der Waals surface area contributed by atoms with E-state index in [-0.39, 0.29) is 60.5 Å². The first-order valence-corrected chi connectivity index (χ1v) is 12.0. The first-order chi connectivity index (χ1) is 16.2. The highest BCUT2D eigenvalue weighted by molar-refractivity contribution is 7.89. The number of sulfonamides is 1. The van der Waals surface area contributed by atoms with Gasteiger partial charge in [-0.1, -0.05) is 0 Å². The van der Waals surface area contributed by atoms with Crippen molar-refractivity contribution in [3.05, 3.63) is 41.7 Å². The number of piperidine rings is 1. The molecule has 1 aliphatic rings. The van der Waals surface area contributed by atoms with Gasteiger partial charge in [-0.15, -0.1) is 0 Å². The molecule has 1 aromatic heterocycles. The van der Waals surface area contributed by atoms with Crippen LogP contribution in [0.25, 0.3) is 0 Å². The summed E-state index contributed by atoms with van der Waals surface area (Å²) in [7, 11) is -1.29. The number of amides is 1. The summed E-state index contributed by atoms with van der Waals surface area (Å²) in [5, 5.41) is 2.36. The second-order valence-corrected chi connectivity index (χ2v) is 9.28. The first kappa shape index (κ1) is 25.2. The zero-order valence-corrected chi connectivity index (χ0v) is 19.8. The molecule has 1 saturated heterocycles. The summed E-state index contributed by atoms with van der Waals surface area (Å²) in [6, 6.07) is 7.06. The lowest BCUT2D eigenvalue weighted by Gasteiger charge is -2.29. The molecule has 1 N–H and O–H groups in total. The predicted octanol–water partition coefficient (Wildman–Crippen LogP) is 2.29. The van der Waals surface area contributed by atoms with Crippen LogP contribution >= 0.6 is 0 Å².